The lowest BCUT2D eigenvalue weighted by Crippen LogP contribution is -1.89. The van der Waals surface area contributed by atoms with Crippen LogP contribution in [0.2, 0.25) is 0 Å². The lowest BCUT2D eigenvalue weighted by Gasteiger charge is -2.17. The van der Waals surface area contributed by atoms with Crippen LogP contribution >= 0.6 is 0 Å². The minimum absolute atomic E-state index is 1.24. The molecule has 0 bridgehead atoms. The summed E-state index contributed by atoms with van der Waals surface area (Å²) < 4.78 is 0. The highest BCUT2D eigenvalue weighted by Gasteiger charge is 2.15. The second-order valence-corrected chi connectivity index (χ2v) is 8.96. The standard InChI is InChI=1S/C34H22/c1-3-8-23(9-4-1)27-12-7-13-28(22-27)30-19-15-26-16-20-31-29(24-10-5-2-6-11-24)18-14-25-17-21-32(30)34(26)33(25)31/h1-22H. The van der Waals surface area contributed by atoms with Crippen molar-refractivity contribution in [1.29, 1.82) is 0 Å². The summed E-state index contributed by atoms with van der Waals surface area (Å²) in [5, 5.41) is 7.93. The van der Waals surface area contributed by atoms with Crippen molar-refractivity contribution in [2.75, 3.05) is 0 Å². The molecule has 0 heteroatoms. The Morgan fingerprint density at radius 1 is 0.294 bits per heavy atom. The van der Waals surface area contributed by atoms with Gasteiger partial charge < -0.3 is 0 Å². The Balaban J connectivity index is 1.51. The first-order valence-electron chi connectivity index (χ1n) is 11.8. The normalized spacial score (nSPS) is 11.5. The zero-order chi connectivity index (χ0) is 22.5. The molecular weight excluding hydrogens is 408 g/mol. The van der Waals surface area contributed by atoms with Gasteiger partial charge in [-0.05, 0) is 71.8 Å². The van der Waals surface area contributed by atoms with Gasteiger partial charge in [0.15, 0.2) is 0 Å². The maximum absolute atomic E-state index is 2.32. The molecule has 0 radical (unpaired) electrons. The van der Waals surface area contributed by atoms with Gasteiger partial charge in [-0.2, -0.15) is 0 Å². The first-order chi connectivity index (χ1) is 16.9. The molecule has 0 unspecified atom stereocenters. The molecule has 0 aromatic heterocycles. The summed E-state index contributed by atoms with van der Waals surface area (Å²) in [5.41, 5.74) is 7.58. The smallest absolute Gasteiger partial charge is 0.00203 e. The summed E-state index contributed by atoms with van der Waals surface area (Å²) in [6.07, 6.45) is 0. The van der Waals surface area contributed by atoms with Crippen LogP contribution in [0.1, 0.15) is 0 Å². The fourth-order valence-corrected chi connectivity index (χ4v) is 5.42. The Hall–Kier alpha value is -4.42. The van der Waals surface area contributed by atoms with E-state index in [-0.39, 0.29) is 0 Å². The van der Waals surface area contributed by atoms with E-state index in [1.54, 1.807) is 0 Å². The Bertz CT molecular complexity index is 1780. The Morgan fingerprint density at radius 2 is 0.765 bits per heavy atom. The van der Waals surface area contributed by atoms with E-state index >= 15 is 0 Å². The molecule has 0 atom stereocenters. The van der Waals surface area contributed by atoms with E-state index in [9.17, 15) is 0 Å². The SMILES string of the molecule is c1ccc(-c2cccc(-c3ccc4ccc5c(-c6ccccc6)ccc6ccc3c4c65)c2)cc1. The fraction of sp³-hybridized carbons (Fsp3) is 0. The fourth-order valence-electron chi connectivity index (χ4n) is 5.42. The third kappa shape index (κ3) is 2.93. The monoisotopic (exact) mass is 430 g/mol. The van der Waals surface area contributed by atoms with Crippen LogP contribution in [0.15, 0.2) is 133 Å². The van der Waals surface area contributed by atoms with E-state index in [4.69, 9.17) is 0 Å². The van der Waals surface area contributed by atoms with Crippen LogP contribution < -0.4 is 0 Å². The van der Waals surface area contributed by atoms with Gasteiger partial charge in [0.1, 0.15) is 0 Å². The molecule has 34 heavy (non-hydrogen) atoms. The largest absolute Gasteiger partial charge is 0.0622 e. The Morgan fingerprint density at radius 3 is 1.38 bits per heavy atom. The highest BCUT2D eigenvalue weighted by atomic mass is 14.2. The van der Waals surface area contributed by atoms with Crippen LogP contribution in [0.25, 0.3) is 65.7 Å². The summed E-state index contributed by atoms with van der Waals surface area (Å²) in [4.78, 5) is 0. The highest BCUT2D eigenvalue weighted by Crippen LogP contribution is 2.42. The molecule has 0 spiro atoms. The maximum Gasteiger partial charge on any atom is -0.00203 e. The second-order valence-electron chi connectivity index (χ2n) is 8.96. The first-order valence-corrected chi connectivity index (χ1v) is 11.8. The van der Waals surface area contributed by atoms with Crippen molar-refractivity contribution < 1.29 is 0 Å². The van der Waals surface area contributed by atoms with Gasteiger partial charge in [0.2, 0.25) is 0 Å². The molecule has 0 amide bonds. The van der Waals surface area contributed by atoms with E-state index in [1.165, 1.54) is 65.7 Å². The van der Waals surface area contributed by atoms with Crippen molar-refractivity contribution in [1.82, 2.24) is 0 Å². The Kier molecular flexibility index (Phi) is 4.25. The molecule has 7 rings (SSSR count). The molecule has 7 aromatic carbocycles. The van der Waals surface area contributed by atoms with Gasteiger partial charge in [-0.15, -0.1) is 0 Å². The van der Waals surface area contributed by atoms with Crippen LogP contribution in [0.3, 0.4) is 0 Å². The lowest BCUT2D eigenvalue weighted by atomic mass is 9.87. The number of rotatable bonds is 3. The van der Waals surface area contributed by atoms with Gasteiger partial charge in [-0.25, -0.2) is 0 Å². The van der Waals surface area contributed by atoms with Crippen molar-refractivity contribution in [2.45, 2.75) is 0 Å². The van der Waals surface area contributed by atoms with Crippen LogP contribution in [-0.4, -0.2) is 0 Å². The predicted octanol–water partition coefficient (Wildman–Crippen LogP) is 9.58. The van der Waals surface area contributed by atoms with Crippen molar-refractivity contribution in [2.24, 2.45) is 0 Å². The number of hydrogen-bond donors (Lipinski definition) is 0. The van der Waals surface area contributed by atoms with Gasteiger partial charge in [-0.1, -0.05) is 127 Å². The van der Waals surface area contributed by atoms with Crippen LogP contribution in [0, 0.1) is 0 Å². The number of hydrogen-bond acceptors (Lipinski definition) is 0. The molecule has 7 aromatic rings. The first kappa shape index (κ1) is 19.1. The van der Waals surface area contributed by atoms with Crippen LogP contribution in [-0.2, 0) is 0 Å². The lowest BCUT2D eigenvalue weighted by molar-refractivity contribution is 1.61. The summed E-state index contributed by atoms with van der Waals surface area (Å²) in [6, 6.07) is 48.5. The summed E-state index contributed by atoms with van der Waals surface area (Å²) in [5.74, 6) is 0. The third-order valence-corrected chi connectivity index (χ3v) is 7.03. The predicted molar refractivity (Wildman–Crippen MR) is 146 cm³/mol. The van der Waals surface area contributed by atoms with E-state index in [2.05, 4.69) is 133 Å². The van der Waals surface area contributed by atoms with Crippen molar-refractivity contribution in [3.63, 3.8) is 0 Å². The topological polar surface area (TPSA) is 0 Å². The van der Waals surface area contributed by atoms with Crippen LogP contribution in [0.4, 0.5) is 0 Å². The average molecular weight is 431 g/mol. The molecule has 0 aliphatic heterocycles. The molecule has 0 heterocycles. The van der Waals surface area contributed by atoms with E-state index in [0.717, 1.165) is 0 Å². The molecule has 0 saturated heterocycles. The summed E-state index contributed by atoms with van der Waals surface area (Å²) in [6.45, 7) is 0. The van der Waals surface area contributed by atoms with Gasteiger partial charge in [0.05, 0.1) is 0 Å². The molecule has 158 valence electrons. The van der Waals surface area contributed by atoms with E-state index < -0.39 is 0 Å². The molecule has 0 fully saturated rings. The quantitative estimate of drug-likeness (QED) is 0.245. The molecule has 0 N–H and O–H groups in total. The maximum atomic E-state index is 2.32. The highest BCUT2D eigenvalue weighted by molar-refractivity contribution is 6.27. The van der Waals surface area contributed by atoms with E-state index in [1.807, 2.05) is 0 Å². The molecule has 0 aliphatic carbocycles. The molecule has 0 nitrogen and oxygen atoms in total. The molecular formula is C34H22. The van der Waals surface area contributed by atoms with Gasteiger partial charge >= 0.3 is 0 Å². The average Bonchev–Trinajstić information content (AvgIpc) is 2.92. The van der Waals surface area contributed by atoms with E-state index in [0.29, 0.717) is 0 Å². The third-order valence-electron chi connectivity index (χ3n) is 7.03. The van der Waals surface area contributed by atoms with Crippen molar-refractivity contribution in [3.05, 3.63) is 133 Å². The van der Waals surface area contributed by atoms with Crippen molar-refractivity contribution in [3.8, 4) is 33.4 Å². The van der Waals surface area contributed by atoms with Gasteiger partial charge in [0.25, 0.3) is 0 Å². The molecule has 0 saturated carbocycles. The minimum atomic E-state index is 1.24. The van der Waals surface area contributed by atoms with Crippen LogP contribution in [0.5, 0.6) is 0 Å². The van der Waals surface area contributed by atoms with Gasteiger partial charge in [0, 0.05) is 0 Å². The number of benzene rings is 7. The minimum Gasteiger partial charge on any atom is -0.0622 e. The summed E-state index contributed by atoms with van der Waals surface area (Å²) >= 11 is 0. The summed E-state index contributed by atoms with van der Waals surface area (Å²) in [7, 11) is 0. The Labute approximate surface area is 199 Å². The zero-order valence-corrected chi connectivity index (χ0v) is 18.7. The second kappa shape index (κ2) is 7.57. The molecule has 0 aliphatic rings. The van der Waals surface area contributed by atoms with Crippen molar-refractivity contribution >= 4 is 32.3 Å². The zero-order valence-electron chi connectivity index (χ0n) is 18.7. The van der Waals surface area contributed by atoms with Gasteiger partial charge in [-0.3, -0.25) is 0 Å².